The van der Waals surface area contributed by atoms with E-state index in [1.165, 1.54) is 12.0 Å². The van der Waals surface area contributed by atoms with Gasteiger partial charge in [-0.2, -0.15) is 11.8 Å². The van der Waals surface area contributed by atoms with Gasteiger partial charge < -0.3 is 14.5 Å². The van der Waals surface area contributed by atoms with Crippen molar-refractivity contribution < 1.29 is 14.3 Å². The van der Waals surface area contributed by atoms with Gasteiger partial charge >= 0.3 is 0 Å². The molecule has 3 heterocycles. The van der Waals surface area contributed by atoms with E-state index in [1.54, 1.807) is 6.92 Å². The molecule has 2 amide bonds. The number of benzene rings is 1. The summed E-state index contributed by atoms with van der Waals surface area (Å²) in [6.07, 6.45) is 3.76. The van der Waals surface area contributed by atoms with Gasteiger partial charge in [0.05, 0.1) is 17.4 Å². The van der Waals surface area contributed by atoms with Crippen molar-refractivity contribution in [2.75, 3.05) is 23.0 Å². The molecule has 2 saturated heterocycles. The van der Waals surface area contributed by atoms with E-state index in [0.717, 1.165) is 30.6 Å². The Labute approximate surface area is 165 Å². The number of fused-ring (bicyclic) bond motifs is 1. The van der Waals surface area contributed by atoms with E-state index in [4.69, 9.17) is 4.74 Å². The summed E-state index contributed by atoms with van der Waals surface area (Å²) in [5.74, 6) is 0.0537. The molecular weight excluding hydrogens is 360 g/mol. The first-order valence-corrected chi connectivity index (χ1v) is 10.9. The van der Waals surface area contributed by atoms with Crippen molar-refractivity contribution in [2.24, 2.45) is 0 Å². The number of carbonyl (C=O) groups is 2. The predicted octanol–water partition coefficient (Wildman–Crippen LogP) is 3.91. The molecule has 146 valence electrons. The van der Waals surface area contributed by atoms with Gasteiger partial charge in [-0.25, -0.2) is 0 Å². The normalized spacial score (nSPS) is 30.5. The number of hydrogen-bond acceptors (Lipinski definition) is 4. The van der Waals surface area contributed by atoms with Crippen molar-refractivity contribution in [3.05, 3.63) is 23.8 Å². The maximum Gasteiger partial charge on any atom is 0.256 e. The van der Waals surface area contributed by atoms with Crippen LogP contribution in [-0.4, -0.2) is 42.4 Å². The van der Waals surface area contributed by atoms with Crippen LogP contribution in [-0.2, 0) is 14.3 Å². The van der Waals surface area contributed by atoms with Crippen molar-refractivity contribution in [3.63, 3.8) is 0 Å². The molecule has 4 rings (SSSR count). The van der Waals surface area contributed by atoms with E-state index in [2.05, 4.69) is 19.1 Å². The van der Waals surface area contributed by atoms with Gasteiger partial charge in [-0.15, -0.1) is 0 Å². The highest BCUT2D eigenvalue weighted by atomic mass is 32.2. The minimum absolute atomic E-state index is 0.0181. The maximum absolute atomic E-state index is 13.2. The lowest BCUT2D eigenvalue weighted by Crippen LogP contribution is -2.53. The average Bonchev–Trinajstić information content (AvgIpc) is 3.31. The number of carbonyl (C=O) groups excluding carboxylic acids is 2. The number of anilines is 2. The second-order valence-corrected chi connectivity index (χ2v) is 9.60. The zero-order chi connectivity index (χ0) is 19.1. The van der Waals surface area contributed by atoms with E-state index in [1.807, 2.05) is 34.6 Å². The lowest BCUT2D eigenvalue weighted by atomic mass is 10.0. The summed E-state index contributed by atoms with van der Waals surface area (Å²) >= 11 is 2.00. The topological polar surface area (TPSA) is 49.9 Å². The Morgan fingerprint density at radius 1 is 1.15 bits per heavy atom. The highest BCUT2D eigenvalue weighted by Crippen LogP contribution is 2.47. The molecule has 0 N–H and O–H groups in total. The lowest BCUT2D eigenvalue weighted by Gasteiger charge is -2.41. The SMILES string of the molecule is CC(=O)N1c2ccc(C3CCC(C)S3)cc2N(C(=O)C2CCCO2)CC1C. The van der Waals surface area contributed by atoms with E-state index in [9.17, 15) is 9.59 Å². The molecule has 0 saturated carbocycles. The van der Waals surface area contributed by atoms with Gasteiger partial charge in [0, 0.05) is 30.6 Å². The van der Waals surface area contributed by atoms with Crippen LogP contribution in [0.5, 0.6) is 0 Å². The summed E-state index contributed by atoms with van der Waals surface area (Å²) in [5.41, 5.74) is 2.96. The predicted molar refractivity (Wildman–Crippen MR) is 109 cm³/mol. The molecule has 4 atom stereocenters. The monoisotopic (exact) mass is 388 g/mol. The zero-order valence-electron chi connectivity index (χ0n) is 16.3. The molecule has 3 aliphatic rings. The van der Waals surface area contributed by atoms with Crippen molar-refractivity contribution >= 4 is 35.0 Å². The number of hydrogen-bond donors (Lipinski definition) is 0. The minimum Gasteiger partial charge on any atom is -0.368 e. The van der Waals surface area contributed by atoms with Gasteiger partial charge in [0.15, 0.2) is 0 Å². The van der Waals surface area contributed by atoms with Crippen LogP contribution in [0.4, 0.5) is 11.4 Å². The second-order valence-electron chi connectivity index (χ2n) is 7.95. The first-order chi connectivity index (χ1) is 13.0. The van der Waals surface area contributed by atoms with Crippen molar-refractivity contribution in [1.29, 1.82) is 0 Å². The summed E-state index contributed by atoms with van der Waals surface area (Å²) < 4.78 is 5.66. The molecule has 5 nitrogen and oxygen atoms in total. The van der Waals surface area contributed by atoms with Crippen LogP contribution in [0, 0.1) is 0 Å². The van der Waals surface area contributed by atoms with E-state index < -0.39 is 0 Å². The third-order valence-electron chi connectivity index (χ3n) is 5.85. The first kappa shape index (κ1) is 18.8. The summed E-state index contributed by atoms with van der Waals surface area (Å²) in [6.45, 7) is 7.05. The number of nitrogens with zero attached hydrogens (tertiary/aromatic N) is 2. The molecule has 2 fully saturated rings. The quantitative estimate of drug-likeness (QED) is 0.771. The third-order valence-corrected chi connectivity index (χ3v) is 7.39. The highest BCUT2D eigenvalue weighted by molar-refractivity contribution is 8.00. The minimum atomic E-state index is -0.349. The van der Waals surface area contributed by atoms with Gasteiger partial charge in [0.1, 0.15) is 6.10 Å². The van der Waals surface area contributed by atoms with Gasteiger partial charge in [-0.3, -0.25) is 9.59 Å². The highest BCUT2D eigenvalue weighted by Gasteiger charge is 2.38. The molecule has 0 radical (unpaired) electrons. The van der Waals surface area contributed by atoms with Gasteiger partial charge in [-0.1, -0.05) is 13.0 Å². The van der Waals surface area contributed by atoms with Crippen LogP contribution in [0.15, 0.2) is 18.2 Å². The summed E-state index contributed by atoms with van der Waals surface area (Å²) in [5, 5.41) is 1.14. The Bertz CT molecular complexity index is 747. The molecule has 4 unspecified atom stereocenters. The molecule has 0 spiro atoms. The van der Waals surface area contributed by atoms with Crippen LogP contribution in [0.3, 0.4) is 0 Å². The smallest absolute Gasteiger partial charge is 0.256 e. The Morgan fingerprint density at radius 3 is 2.59 bits per heavy atom. The summed E-state index contributed by atoms with van der Waals surface area (Å²) in [7, 11) is 0. The van der Waals surface area contributed by atoms with Gasteiger partial charge in [-0.05, 0) is 50.3 Å². The van der Waals surface area contributed by atoms with Crippen LogP contribution < -0.4 is 9.80 Å². The van der Waals surface area contributed by atoms with Crippen LogP contribution in [0.2, 0.25) is 0 Å². The van der Waals surface area contributed by atoms with Crippen molar-refractivity contribution in [2.45, 2.75) is 69.1 Å². The lowest BCUT2D eigenvalue weighted by molar-refractivity contribution is -0.127. The third kappa shape index (κ3) is 3.49. The van der Waals surface area contributed by atoms with E-state index >= 15 is 0 Å². The Morgan fingerprint density at radius 2 is 1.96 bits per heavy atom. The maximum atomic E-state index is 13.2. The van der Waals surface area contributed by atoms with Gasteiger partial charge in [0.25, 0.3) is 5.91 Å². The fourth-order valence-corrected chi connectivity index (χ4v) is 5.93. The molecule has 0 bridgehead atoms. The molecule has 1 aromatic carbocycles. The Hall–Kier alpha value is -1.53. The average molecular weight is 389 g/mol. The molecule has 6 heteroatoms. The fourth-order valence-electron chi connectivity index (χ4n) is 4.53. The van der Waals surface area contributed by atoms with E-state index in [-0.39, 0.29) is 24.0 Å². The molecule has 0 aliphatic carbocycles. The molecule has 0 aromatic heterocycles. The largest absolute Gasteiger partial charge is 0.368 e. The number of thioether (sulfide) groups is 1. The fraction of sp³-hybridized carbons (Fsp3) is 0.619. The number of amides is 2. The van der Waals surface area contributed by atoms with Crippen LogP contribution in [0.1, 0.15) is 57.3 Å². The molecule has 3 aliphatic heterocycles. The molecular formula is C21H28N2O3S. The summed E-state index contributed by atoms with van der Waals surface area (Å²) in [4.78, 5) is 29.1. The van der Waals surface area contributed by atoms with Crippen LogP contribution >= 0.6 is 11.8 Å². The standard InChI is InChI=1S/C21H28N2O3S/c1-13-12-22(21(25)19-5-4-10-26-19)18-11-16(20-9-6-14(2)27-20)7-8-17(18)23(13)15(3)24/h7-8,11,13-14,19-20H,4-6,9-10,12H2,1-3H3. The number of rotatable bonds is 2. The molecule has 27 heavy (non-hydrogen) atoms. The number of ether oxygens (including phenoxy) is 1. The van der Waals surface area contributed by atoms with E-state index in [0.29, 0.717) is 23.7 Å². The van der Waals surface area contributed by atoms with Crippen molar-refractivity contribution in [1.82, 2.24) is 0 Å². The van der Waals surface area contributed by atoms with Crippen LogP contribution in [0.25, 0.3) is 0 Å². The first-order valence-electron chi connectivity index (χ1n) is 9.98. The van der Waals surface area contributed by atoms with Gasteiger partial charge in [0.2, 0.25) is 5.91 Å². The second kappa shape index (κ2) is 7.47. The Balaban J connectivity index is 1.73. The summed E-state index contributed by atoms with van der Waals surface area (Å²) in [6, 6.07) is 6.25. The Kier molecular flexibility index (Phi) is 5.21. The molecule has 1 aromatic rings. The van der Waals surface area contributed by atoms with Crippen molar-refractivity contribution in [3.8, 4) is 0 Å². The zero-order valence-corrected chi connectivity index (χ0v) is 17.1.